The van der Waals surface area contributed by atoms with Gasteiger partial charge in [-0.05, 0) is 223 Å². The maximum atomic E-state index is 5.38. The third-order valence-electron chi connectivity index (χ3n) is 29.0. The molecule has 0 saturated carbocycles. The summed E-state index contributed by atoms with van der Waals surface area (Å²) in [7, 11) is 0. The van der Waals surface area contributed by atoms with E-state index in [1.165, 1.54) is 154 Å². The summed E-state index contributed by atoms with van der Waals surface area (Å²) in [5.41, 5.74) is 32.7. The van der Waals surface area contributed by atoms with Crippen molar-refractivity contribution in [2.75, 3.05) is 0 Å². The fourth-order valence-electron chi connectivity index (χ4n) is 21.9. The normalized spacial score (nSPS) is 11.7. The van der Waals surface area contributed by atoms with Crippen LogP contribution in [0, 0.1) is 41.5 Å². The van der Waals surface area contributed by atoms with Crippen LogP contribution in [0.4, 0.5) is 0 Å². The van der Waals surface area contributed by atoms with Crippen LogP contribution in [0.15, 0.2) is 449 Å². The number of rotatable bonds is 12. The number of fused-ring (bicyclic) bond motifs is 19. The van der Waals surface area contributed by atoms with E-state index in [1.807, 2.05) is 66.7 Å². The average Bonchev–Trinajstić information content (AvgIpc) is 1.56. The molecule has 0 radical (unpaired) electrons. The number of nitrogens with zero attached hydrogens (tertiary/aromatic N) is 12. The quantitative estimate of drug-likeness (QED) is 0.121. The van der Waals surface area contributed by atoms with Gasteiger partial charge in [-0.3, -0.25) is 9.13 Å². The lowest BCUT2D eigenvalue weighted by molar-refractivity contribution is 1.01. The molecule has 12 heteroatoms. The fourth-order valence-corrected chi connectivity index (χ4v) is 21.9. The number of hydrogen-bond donors (Lipinski definition) is 0. The molecule has 0 saturated heterocycles. The van der Waals surface area contributed by atoms with E-state index in [2.05, 4.69) is 451 Å². The van der Waals surface area contributed by atoms with E-state index in [0.717, 1.165) is 100 Å². The van der Waals surface area contributed by atoms with Gasteiger partial charge in [0, 0.05) is 122 Å². The zero-order valence-corrected chi connectivity index (χ0v) is 79.1. The van der Waals surface area contributed by atoms with Crippen molar-refractivity contribution in [2.24, 2.45) is 0 Å². The standard InChI is InChI=1S/C47H33N5.C43H31N3.C40H28N4/c1-30-31(2)51(36-21-10-5-11-22-36)42-29-40-43(28-39(30)42)52(41-26-25-32-15-12-13-24-38(32)44(40)41)37-23-14-20-35(27-37)47-49-45(33-16-6-3-7-17-33)48-46(50-47)34-18-8-4-9-19-34;1-28-29(2)45(34-19-10-5-11-20-34)40-27-37-41(26-36(28)40)46(39-23-22-31-16-12-13-21-35(31)43(37)39)42-25-33(30-14-6-3-7-15-30)24-38(44-42)32-17-8-4-9-18-32;1-25-26(2)43(29-16-7-4-8-17-29)36-24-33-37(23-32(25)36)44(35-22-21-27-13-9-10-18-30(27)38(33)35)40-41-34-20-12-11-19-31(34)39(42-40)28-14-5-3-6-15-28/h3-29H,1-2H3;3-27H,1-2H3;3-24H,1-2H3. The Kier molecular flexibility index (Phi) is 20.3. The highest BCUT2D eigenvalue weighted by Gasteiger charge is 2.28. The van der Waals surface area contributed by atoms with Gasteiger partial charge in [0.1, 0.15) is 5.82 Å². The van der Waals surface area contributed by atoms with Gasteiger partial charge >= 0.3 is 0 Å². The summed E-state index contributed by atoms with van der Waals surface area (Å²) in [4.78, 5) is 30.9. The Labute approximate surface area is 819 Å². The Morgan fingerprint density at radius 1 is 0.176 bits per heavy atom. The minimum atomic E-state index is 0.634. The SMILES string of the molecule is Cc1c(C)n(-c2ccccc2)c2cc3c4c5ccccc5ccc4n(-c4cc(-c5ccccc5)cc(-c5ccccc5)n4)c3cc12.Cc1c(C)n(-c2ccccc2)c2cc3c4c5ccccc5ccc4n(-c4cccc(-c5nc(-c6ccccc6)nc(-c6ccccc6)n5)c4)c3cc12.Cc1c(C)n(-c2ccccc2)c2cc3c4c5ccccc5ccc4n(-c4nc(-c5ccccc5)c5ccccc5n4)c3cc12. The predicted octanol–water partition coefficient (Wildman–Crippen LogP) is 33.0. The minimum Gasteiger partial charge on any atom is -0.314 e. The van der Waals surface area contributed by atoms with Crippen molar-refractivity contribution in [3.05, 3.63) is 483 Å². The minimum absolute atomic E-state index is 0.634. The number of benzene rings is 19. The topological polar surface area (TPSA) is 107 Å². The van der Waals surface area contributed by atoms with Crippen LogP contribution >= 0.6 is 0 Å². The summed E-state index contributed by atoms with van der Waals surface area (Å²) >= 11 is 0. The molecule has 0 fully saturated rings. The lowest BCUT2D eigenvalue weighted by atomic mass is 10.0. The first-order valence-electron chi connectivity index (χ1n) is 48.5. The molecule has 0 amide bonds. The molecule has 672 valence electrons. The second-order valence-electron chi connectivity index (χ2n) is 37.0. The first kappa shape index (κ1) is 84.0. The number of para-hydroxylation sites is 4. The predicted molar refractivity (Wildman–Crippen MR) is 591 cm³/mol. The largest absolute Gasteiger partial charge is 0.314 e. The van der Waals surface area contributed by atoms with Gasteiger partial charge in [-0.25, -0.2) is 29.9 Å². The van der Waals surface area contributed by atoms with E-state index in [0.29, 0.717) is 23.4 Å². The van der Waals surface area contributed by atoms with Gasteiger partial charge in [-0.2, -0.15) is 0 Å². The molecule has 12 nitrogen and oxygen atoms in total. The highest BCUT2D eigenvalue weighted by Crippen LogP contribution is 2.48. The zero-order valence-electron chi connectivity index (χ0n) is 79.1. The molecule has 19 aromatic carbocycles. The third-order valence-corrected chi connectivity index (χ3v) is 29.0. The van der Waals surface area contributed by atoms with Crippen molar-refractivity contribution < 1.29 is 0 Å². The van der Waals surface area contributed by atoms with Crippen LogP contribution in [0.5, 0.6) is 0 Å². The smallest absolute Gasteiger partial charge is 0.235 e. The molecule has 9 heterocycles. The monoisotopic (exact) mass is 1820 g/mol. The Hall–Kier alpha value is -18.5. The molecule has 142 heavy (non-hydrogen) atoms. The number of aryl methyl sites for hydroxylation is 3. The van der Waals surface area contributed by atoms with E-state index >= 15 is 0 Å². The molecule has 0 bridgehead atoms. The van der Waals surface area contributed by atoms with Crippen LogP contribution in [0.25, 0.3) is 244 Å². The summed E-state index contributed by atoms with van der Waals surface area (Å²) in [6.07, 6.45) is 0. The first-order valence-corrected chi connectivity index (χ1v) is 48.5. The van der Waals surface area contributed by atoms with Crippen molar-refractivity contribution >= 4 is 141 Å². The van der Waals surface area contributed by atoms with E-state index in [-0.39, 0.29) is 0 Å². The lowest BCUT2D eigenvalue weighted by Crippen LogP contribution is -2.03. The van der Waals surface area contributed by atoms with E-state index in [9.17, 15) is 0 Å². The Morgan fingerprint density at radius 3 is 0.944 bits per heavy atom. The first-order chi connectivity index (χ1) is 69.9. The highest BCUT2D eigenvalue weighted by molar-refractivity contribution is 6.27. The van der Waals surface area contributed by atoms with Gasteiger partial charge in [0.15, 0.2) is 17.5 Å². The van der Waals surface area contributed by atoms with Crippen molar-refractivity contribution in [3.8, 4) is 102 Å². The lowest BCUT2D eigenvalue weighted by Gasteiger charge is -2.13. The molecule has 0 N–H and O–H groups in total. The van der Waals surface area contributed by atoms with Crippen molar-refractivity contribution in [1.29, 1.82) is 0 Å². The molecule has 0 atom stereocenters. The molecule has 28 aromatic rings. The molecular formula is C130H92N12. The van der Waals surface area contributed by atoms with Crippen molar-refractivity contribution in [1.82, 2.24) is 57.3 Å². The van der Waals surface area contributed by atoms with Crippen LogP contribution in [-0.4, -0.2) is 57.3 Å². The molecule has 0 aliphatic heterocycles. The average molecular weight is 1820 g/mol. The van der Waals surface area contributed by atoms with Gasteiger partial charge in [-0.1, -0.05) is 328 Å². The summed E-state index contributed by atoms with van der Waals surface area (Å²) < 4.78 is 14.2. The fraction of sp³-hybridized carbons (Fsp3) is 0.0462. The summed E-state index contributed by atoms with van der Waals surface area (Å²) in [5, 5.41) is 19.5. The number of aromatic nitrogens is 12. The second-order valence-corrected chi connectivity index (χ2v) is 37.0. The van der Waals surface area contributed by atoms with Crippen LogP contribution in [0.1, 0.15) is 33.8 Å². The summed E-state index contributed by atoms with van der Waals surface area (Å²) in [6.45, 7) is 13.4. The van der Waals surface area contributed by atoms with E-state index in [1.54, 1.807) is 0 Å². The van der Waals surface area contributed by atoms with Crippen LogP contribution in [-0.2, 0) is 0 Å². The molecule has 0 unspecified atom stereocenters. The molecule has 0 aliphatic carbocycles. The Balaban J connectivity index is 0.000000110. The Morgan fingerprint density at radius 2 is 0.500 bits per heavy atom. The van der Waals surface area contributed by atoms with Gasteiger partial charge in [0.05, 0.1) is 66.6 Å². The van der Waals surface area contributed by atoms with Crippen LogP contribution < -0.4 is 0 Å². The van der Waals surface area contributed by atoms with Gasteiger partial charge < -0.3 is 18.3 Å². The maximum Gasteiger partial charge on any atom is 0.235 e. The van der Waals surface area contributed by atoms with Gasteiger partial charge in [0.25, 0.3) is 0 Å². The Bertz CT molecular complexity index is 9770. The third kappa shape index (κ3) is 14.0. The highest BCUT2D eigenvalue weighted by atomic mass is 15.2. The second kappa shape index (κ2) is 34.3. The van der Waals surface area contributed by atoms with E-state index < -0.39 is 0 Å². The maximum absolute atomic E-state index is 5.38. The van der Waals surface area contributed by atoms with Gasteiger partial charge in [0.2, 0.25) is 5.95 Å². The van der Waals surface area contributed by atoms with Crippen molar-refractivity contribution in [3.63, 3.8) is 0 Å². The van der Waals surface area contributed by atoms with Gasteiger partial charge in [-0.15, -0.1) is 0 Å². The summed E-state index contributed by atoms with van der Waals surface area (Å²) in [6, 6.07) is 159. The molecule has 28 rings (SSSR count). The van der Waals surface area contributed by atoms with E-state index in [4.69, 9.17) is 29.9 Å². The number of pyridine rings is 1. The molecule has 0 spiro atoms. The zero-order chi connectivity index (χ0) is 94.9. The summed E-state index contributed by atoms with van der Waals surface area (Å²) in [5.74, 6) is 3.51. The van der Waals surface area contributed by atoms with Crippen LogP contribution in [0.3, 0.4) is 0 Å². The van der Waals surface area contributed by atoms with Crippen molar-refractivity contribution in [2.45, 2.75) is 41.5 Å². The molecular weight excluding hydrogens is 1730 g/mol. The van der Waals surface area contributed by atoms with Crippen LogP contribution in [0.2, 0.25) is 0 Å². The number of hydrogen-bond acceptors (Lipinski definition) is 6. The molecule has 0 aliphatic rings. The molecule has 9 aromatic heterocycles.